The van der Waals surface area contributed by atoms with Gasteiger partial charge in [-0.3, -0.25) is 9.69 Å². The lowest BCUT2D eigenvalue weighted by Gasteiger charge is -2.12. The Kier molecular flexibility index (Phi) is 2.84. The maximum Gasteiger partial charge on any atom is 0.150 e. The lowest BCUT2D eigenvalue weighted by atomic mass is 10.00. The van der Waals surface area contributed by atoms with Gasteiger partial charge in [0.25, 0.3) is 0 Å². The number of aliphatic hydroxyl groups excluding tert-OH is 1. The zero-order chi connectivity index (χ0) is 10.8. The minimum absolute atomic E-state index is 0.235. The molecule has 1 aromatic carbocycles. The van der Waals surface area contributed by atoms with Gasteiger partial charge in [0, 0.05) is 18.7 Å². The molecule has 3 atom stereocenters. The van der Waals surface area contributed by atoms with Gasteiger partial charge in [0.1, 0.15) is 12.5 Å². The first-order valence-corrected chi connectivity index (χ1v) is 5.18. The van der Waals surface area contributed by atoms with Crippen LogP contribution in [-0.2, 0) is 0 Å². The van der Waals surface area contributed by atoms with Crippen LogP contribution in [0.1, 0.15) is 28.8 Å². The Labute approximate surface area is 89.3 Å². The van der Waals surface area contributed by atoms with Crippen molar-refractivity contribution in [2.45, 2.75) is 19.1 Å². The van der Waals surface area contributed by atoms with Crippen LogP contribution in [0, 0.1) is 0 Å². The summed E-state index contributed by atoms with van der Waals surface area (Å²) in [4.78, 5) is 12.5. The van der Waals surface area contributed by atoms with Crippen LogP contribution in [0.15, 0.2) is 24.3 Å². The summed E-state index contributed by atoms with van der Waals surface area (Å²) in [5.41, 5.74) is 1.91. The van der Waals surface area contributed by atoms with E-state index in [2.05, 4.69) is 6.92 Å². The van der Waals surface area contributed by atoms with Crippen LogP contribution in [0.5, 0.6) is 0 Å². The summed E-state index contributed by atoms with van der Waals surface area (Å²) in [7, 11) is 0. The van der Waals surface area contributed by atoms with Crippen molar-refractivity contribution >= 4 is 6.29 Å². The van der Waals surface area contributed by atoms with E-state index in [9.17, 15) is 9.90 Å². The van der Waals surface area contributed by atoms with Crippen LogP contribution < -0.4 is 0 Å². The number of carbonyl (C=O) groups is 1. The van der Waals surface area contributed by atoms with Crippen molar-refractivity contribution in [1.29, 1.82) is 0 Å². The van der Waals surface area contributed by atoms with Crippen LogP contribution >= 0.6 is 0 Å². The molecule has 0 aromatic heterocycles. The molecule has 0 bridgehead atoms. The van der Waals surface area contributed by atoms with Gasteiger partial charge >= 0.3 is 0 Å². The molecule has 1 aliphatic rings. The number of hydrogen-bond acceptors (Lipinski definition) is 3. The number of β-amino-alcohol motifs (C(OH)–C–C–N with tert-alkyl or cyclic N) is 1. The van der Waals surface area contributed by atoms with E-state index in [4.69, 9.17) is 0 Å². The van der Waals surface area contributed by atoms with Gasteiger partial charge in [0.2, 0.25) is 0 Å². The van der Waals surface area contributed by atoms with E-state index >= 15 is 0 Å². The van der Waals surface area contributed by atoms with E-state index in [1.54, 1.807) is 0 Å². The fourth-order valence-electron chi connectivity index (χ4n) is 1.72. The summed E-state index contributed by atoms with van der Waals surface area (Å²) < 4.78 is 0. The second-order valence-electron chi connectivity index (χ2n) is 4.12. The van der Waals surface area contributed by atoms with Crippen molar-refractivity contribution in [3.05, 3.63) is 35.4 Å². The monoisotopic (exact) mass is 205 g/mol. The Balaban J connectivity index is 1.98. The molecule has 80 valence electrons. The van der Waals surface area contributed by atoms with E-state index < -0.39 is 0 Å². The van der Waals surface area contributed by atoms with Gasteiger partial charge in [-0.2, -0.15) is 0 Å². The lowest BCUT2D eigenvalue weighted by molar-refractivity contribution is 0.112. The minimum Gasteiger partial charge on any atom is -0.377 e. The van der Waals surface area contributed by atoms with Gasteiger partial charge in [-0.05, 0) is 11.5 Å². The zero-order valence-corrected chi connectivity index (χ0v) is 8.76. The summed E-state index contributed by atoms with van der Waals surface area (Å²) in [6.45, 7) is 3.79. The Morgan fingerprint density at radius 1 is 1.53 bits per heavy atom. The molecule has 1 saturated heterocycles. The number of aldehydes is 1. The third-order valence-electron chi connectivity index (χ3n) is 2.84. The maximum atomic E-state index is 10.5. The molecule has 0 spiro atoms. The SMILES string of the molecule is C[C@@H](CN1C[C@@H]1O)c1ccc(C=O)cc1. The Morgan fingerprint density at radius 3 is 2.60 bits per heavy atom. The molecule has 2 rings (SSSR count). The molecule has 15 heavy (non-hydrogen) atoms. The van der Waals surface area contributed by atoms with E-state index in [0.717, 1.165) is 19.4 Å². The van der Waals surface area contributed by atoms with Gasteiger partial charge in [-0.15, -0.1) is 0 Å². The predicted octanol–water partition coefficient (Wildman–Crippen LogP) is 1.24. The summed E-state index contributed by atoms with van der Waals surface area (Å²) >= 11 is 0. The molecular formula is C12H15NO2. The Bertz CT molecular complexity index is 347. The third-order valence-corrected chi connectivity index (χ3v) is 2.84. The molecule has 1 heterocycles. The average Bonchev–Trinajstić information content (AvgIpc) is 2.94. The van der Waals surface area contributed by atoms with Crippen LogP contribution in [0.3, 0.4) is 0 Å². The maximum absolute atomic E-state index is 10.5. The van der Waals surface area contributed by atoms with Crippen LogP contribution in [0.2, 0.25) is 0 Å². The van der Waals surface area contributed by atoms with Crippen molar-refractivity contribution in [2.75, 3.05) is 13.1 Å². The summed E-state index contributed by atoms with van der Waals surface area (Å²) in [5.74, 6) is 0.392. The molecule has 0 aliphatic carbocycles. The highest BCUT2D eigenvalue weighted by atomic mass is 16.3. The minimum atomic E-state index is -0.235. The molecule has 1 unspecified atom stereocenters. The first-order valence-electron chi connectivity index (χ1n) is 5.18. The standard InChI is InChI=1S/C12H15NO2/c1-9(6-13-7-12(13)15)11-4-2-10(8-14)3-5-11/h2-5,8-9,12,15H,6-7H2,1H3/t9-,12-,13?/m0/s1. The lowest BCUT2D eigenvalue weighted by Crippen LogP contribution is -2.11. The molecule has 1 aliphatic heterocycles. The summed E-state index contributed by atoms with van der Waals surface area (Å²) in [6.07, 6.45) is 0.615. The highest BCUT2D eigenvalue weighted by Gasteiger charge is 2.32. The van der Waals surface area contributed by atoms with Crippen molar-refractivity contribution in [1.82, 2.24) is 4.90 Å². The summed E-state index contributed by atoms with van der Waals surface area (Å²) in [5, 5.41) is 9.18. The molecule has 3 heteroatoms. The van der Waals surface area contributed by atoms with Crippen molar-refractivity contribution < 1.29 is 9.90 Å². The largest absolute Gasteiger partial charge is 0.377 e. The van der Waals surface area contributed by atoms with E-state index in [1.807, 2.05) is 29.2 Å². The second-order valence-corrected chi connectivity index (χ2v) is 4.12. The molecule has 1 fully saturated rings. The summed E-state index contributed by atoms with van der Waals surface area (Å²) in [6, 6.07) is 7.61. The van der Waals surface area contributed by atoms with Crippen molar-refractivity contribution in [3.8, 4) is 0 Å². The third kappa shape index (κ3) is 2.43. The zero-order valence-electron chi connectivity index (χ0n) is 8.76. The van der Waals surface area contributed by atoms with E-state index in [0.29, 0.717) is 11.5 Å². The molecular weight excluding hydrogens is 190 g/mol. The molecule has 1 aromatic rings. The van der Waals surface area contributed by atoms with E-state index in [1.165, 1.54) is 5.56 Å². The van der Waals surface area contributed by atoms with Crippen molar-refractivity contribution in [2.24, 2.45) is 0 Å². The van der Waals surface area contributed by atoms with Gasteiger partial charge in [-0.1, -0.05) is 31.2 Å². The molecule has 1 N–H and O–H groups in total. The first-order chi connectivity index (χ1) is 7.20. The quantitative estimate of drug-likeness (QED) is 0.594. The number of rotatable bonds is 4. The van der Waals surface area contributed by atoms with Crippen LogP contribution in [0.25, 0.3) is 0 Å². The van der Waals surface area contributed by atoms with Crippen LogP contribution in [0.4, 0.5) is 0 Å². The normalized spacial score (nSPS) is 26.0. The predicted molar refractivity (Wildman–Crippen MR) is 57.8 cm³/mol. The molecule has 0 saturated carbocycles. The Morgan fingerprint density at radius 2 is 2.13 bits per heavy atom. The number of benzene rings is 1. The van der Waals surface area contributed by atoms with Crippen molar-refractivity contribution in [3.63, 3.8) is 0 Å². The number of hydrogen-bond donors (Lipinski definition) is 1. The number of carbonyl (C=O) groups excluding carboxylic acids is 1. The smallest absolute Gasteiger partial charge is 0.150 e. The first kappa shape index (κ1) is 10.3. The molecule has 0 amide bonds. The van der Waals surface area contributed by atoms with Gasteiger partial charge in [0.05, 0.1) is 0 Å². The van der Waals surface area contributed by atoms with Gasteiger partial charge in [-0.25, -0.2) is 0 Å². The second kappa shape index (κ2) is 4.13. The fraction of sp³-hybridized carbons (Fsp3) is 0.417. The Hall–Kier alpha value is -1.19. The number of aliphatic hydroxyl groups is 1. The topological polar surface area (TPSA) is 40.3 Å². The van der Waals surface area contributed by atoms with Gasteiger partial charge < -0.3 is 5.11 Å². The highest BCUT2D eigenvalue weighted by Crippen LogP contribution is 2.22. The molecule has 3 nitrogen and oxygen atoms in total. The fourth-order valence-corrected chi connectivity index (χ4v) is 1.72. The number of nitrogens with zero attached hydrogens (tertiary/aromatic N) is 1. The van der Waals surface area contributed by atoms with Gasteiger partial charge in [0.15, 0.2) is 0 Å². The average molecular weight is 205 g/mol. The highest BCUT2D eigenvalue weighted by molar-refractivity contribution is 5.74. The van der Waals surface area contributed by atoms with Crippen LogP contribution in [-0.4, -0.2) is 35.6 Å². The van der Waals surface area contributed by atoms with E-state index in [-0.39, 0.29) is 6.23 Å². The molecule has 0 radical (unpaired) electrons.